The first-order valence-corrected chi connectivity index (χ1v) is 7.13. The third-order valence-corrected chi connectivity index (χ3v) is 3.21. The van der Waals surface area contributed by atoms with Crippen LogP contribution in [0.3, 0.4) is 0 Å². The van der Waals surface area contributed by atoms with E-state index in [-0.39, 0.29) is 13.0 Å². The lowest BCUT2D eigenvalue weighted by Gasteiger charge is -2.14. The van der Waals surface area contributed by atoms with Crippen LogP contribution >= 0.6 is 0 Å². The van der Waals surface area contributed by atoms with Crippen molar-refractivity contribution in [2.75, 3.05) is 20.8 Å². The Kier molecular flexibility index (Phi) is 7.22. The second kappa shape index (κ2) is 8.92. The fraction of sp³-hybridized carbons (Fsp3) is 0.500. The Labute approximate surface area is 130 Å². The number of carbonyl (C=O) groups is 2. The van der Waals surface area contributed by atoms with E-state index in [2.05, 4.69) is 0 Å². The van der Waals surface area contributed by atoms with E-state index in [9.17, 15) is 14.7 Å². The number of unbranched alkanes of at least 4 members (excludes halogenated alkanes) is 1. The van der Waals surface area contributed by atoms with Gasteiger partial charge in [-0.3, -0.25) is 9.59 Å². The zero-order valence-electron chi connectivity index (χ0n) is 13.1. The molecule has 6 nitrogen and oxygen atoms in total. The molecule has 6 heteroatoms. The zero-order chi connectivity index (χ0) is 16.5. The van der Waals surface area contributed by atoms with Crippen LogP contribution in [-0.4, -0.2) is 37.9 Å². The molecule has 0 aliphatic carbocycles. The molecule has 0 aliphatic rings. The van der Waals surface area contributed by atoms with Gasteiger partial charge in [0, 0.05) is 0 Å². The number of hydrogen-bond donors (Lipinski definition) is 1. The van der Waals surface area contributed by atoms with Crippen LogP contribution in [0.1, 0.15) is 25.3 Å². The van der Waals surface area contributed by atoms with Gasteiger partial charge in [-0.25, -0.2) is 0 Å². The van der Waals surface area contributed by atoms with Crippen molar-refractivity contribution in [3.8, 4) is 11.5 Å². The Bertz CT molecular complexity index is 511. The molecule has 122 valence electrons. The van der Waals surface area contributed by atoms with Gasteiger partial charge in [0.05, 0.1) is 20.8 Å². The van der Waals surface area contributed by atoms with Crippen molar-refractivity contribution in [3.63, 3.8) is 0 Å². The molecular weight excluding hydrogens is 288 g/mol. The van der Waals surface area contributed by atoms with Crippen molar-refractivity contribution in [1.82, 2.24) is 0 Å². The lowest BCUT2D eigenvalue weighted by Crippen LogP contribution is -2.28. The standard InChI is InChI=1S/C16H22O6/c1-4-5-8-22-16(19)12(15(17)18)9-11-6-7-13(20-2)14(10-11)21-3/h6-7,10,12H,4-5,8-9H2,1-3H3,(H,17,18). The number of benzene rings is 1. The first-order valence-electron chi connectivity index (χ1n) is 7.13. The second-order valence-electron chi connectivity index (χ2n) is 4.81. The van der Waals surface area contributed by atoms with Gasteiger partial charge in [0.2, 0.25) is 0 Å². The minimum Gasteiger partial charge on any atom is -0.493 e. The second-order valence-corrected chi connectivity index (χ2v) is 4.81. The summed E-state index contributed by atoms with van der Waals surface area (Å²) in [5.41, 5.74) is 0.664. The van der Waals surface area contributed by atoms with Gasteiger partial charge in [0.25, 0.3) is 0 Å². The molecular formula is C16H22O6. The van der Waals surface area contributed by atoms with Gasteiger partial charge >= 0.3 is 11.9 Å². The summed E-state index contributed by atoms with van der Waals surface area (Å²) in [6.45, 7) is 2.21. The number of methoxy groups -OCH3 is 2. The highest BCUT2D eigenvalue weighted by atomic mass is 16.5. The molecule has 0 spiro atoms. The Morgan fingerprint density at radius 3 is 2.41 bits per heavy atom. The van der Waals surface area contributed by atoms with Gasteiger partial charge in [-0.2, -0.15) is 0 Å². The molecule has 0 radical (unpaired) electrons. The number of rotatable bonds is 9. The number of hydrogen-bond acceptors (Lipinski definition) is 5. The Balaban J connectivity index is 2.82. The van der Waals surface area contributed by atoms with Crippen molar-refractivity contribution in [3.05, 3.63) is 23.8 Å². The van der Waals surface area contributed by atoms with E-state index in [4.69, 9.17) is 14.2 Å². The number of aliphatic carboxylic acids is 1. The van der Waals surface area contributed by atoms with Gasteiger partial charge < -0.3 is 19.3 Å². The van der Waals surface area contributed by atoms with Crippen LogP contribution in [0, 0.1) is 5.92 Å². The molecule has 1 aromatic rings. The van der Waals surface area contributed by atoms with Gasteiger partial charge in [-0.15, -0.1) is 0 Å². The predicted molar refractivity (Wildman–Crippen MR) is 80.2 cm³/mol. The predicted octanol–water partition coefficient (Wildman–Crippen LogP) is 2.29. The summed E-state index contributed by atoms with van der Waals surface area (Å²) >= 11 is 0. The fourth-order valence-corrected chi connectivity index (χ4v) is 1.93. The highest BCUT2D eigenvalue weighted by Crippen LogP contribution is 2.28. The summed E-state index contributed by atoms with van der Waals surface area (Å²) in [4.78, 5) is 23.2. The van der Waals surface area contributed by atoms with Crippen LogP contribution in [0.5, 0.6) is 11.5 Å². The molecule has 0 saturated carbocycles. The average Bonchev–Trinajstić information content (AvgIpc) is 2.52. The largest absolute Gasteiger partial charge is 0.493 e. The molecule has 1 atom stereocenters. The van der Waals surface area contributed by atoms with Crippen molar-refractivity contribution in [2.24, 2.45) is 5.92 Å². The summed E-state index contributed by atoms with van der Waals surface area (Å²) in [5, 5.41) is 9.23. The number of carboxylic acid groups (broad SMARTS) is 1. The van der Waals surface area contributed by atoms with Crippen LogP contribution in [0.25, 0.3) is 0 Å². The Hall–Kier alpha value is -2.24. The number of carbonyl (C=O) groups excluding carboxylic acids is 1. The molecule has 0 heterocycles. The zero-order valence-corrected chi connectivity index (χ0v) is 13.1. The lowest BCUT2D eigenvalue weighted by atomic mass is 9.99. The summed E-state index contributed by atoms with van der Waals surface area (Å²) in [7, 11) is 3.01. The van der Waals surface area contributed by atoms with Gasteiger partial charge in [-0.1, -0.05) is 19.4 Å². The minimum absolute atomic E-state index is 0.0423. The summed E-state index contributed by atoms with van der Waals surface area (Å²) in [5.74, 6) is -2.10. The molecule has 1 unspecified atom stereocenters. The third kappa shape index (κ3) is 4.95. The first kappa shape index (κ1) is 17.8. The van der Waals surface area contributed by atoms with Crippen LogP contribution in [0.15, 0.2) is 18.2 Å². The molecule has 1 aromatic carbocycles. The lowest BCUT2D eigenvalue weighted by molar-refractivity contribution is -0.158. The van der Waals surface area contributed by atoms with Crippen LogP contribution < -0.4 is 9.47 Å². The number of carboxylic acids is 1. The summed E-state index contributed by atoms with van der Waals surface area (Å²) in [6.07, 6.45) is 1.63. The molecule has 0 aliphatic heterocycles. The Morgan fingerprint density at radius 2 is 1.86 bits per heavy atom. The Morgan fingerprint density at radius 1 is 1.18 bits per heavy atom. The highest BCUT2D eigenvalue weighted by molar-refractivity contribution is 5.94. The van der Waals surface area contributed by atoms with Gasteiger partial charge in [-0.05, 0) is 30.5 Å². The highest BCUT2D eigenvalue weighted by Gasteiger charge is 2.28. The van der Waals surface area contributed by atoms with Crippen molar-refractivity contribution >= 4 is 11.9 Å². The maximum atomic E-state index is 11.9. The first-order chi connectivity index (χ1) is 10.5. The van der Waals surface area contributed by atoms with Gasteiger partial charge in [0.1, 0.15) is 0 Å². The van der Waals surface area contributed by atoms with E-state index in [1.165, 1.54) is 14.2 Å². The SMILES string of the molecule is CCCCOC(=O)C(Cc1ccc(OC)c(OC)c1)C(=O)O. The molecule has 1 N–H and O–H groups in total. The topological polar surface area (TPSA) is 82.1 Å². The normalized spacial score (nSPS) is 11.6. The molecule has 0 saturated heterocycles. The molecule has 22 heavy (non-hydrogen) atoms. The third-order valence-electron chi connectivity index (χ3n) is 3.21. The summed E-state index contributed by atoms with van der Waals surface area (Å²) < 4.78 is 15.3. The van der Waals surface area contributed by atoms with E-state index < -0.39 is 17.9 Å². The van der Waals surface area contributed by atoms with E-state index >= 15 is 0 Å². The van der Waals surface area contributed by atoms with E-state index in [1.807, 2.05) is 6.92 Å². The van der Waals surface area contributed by atoms with Crippen molar-refractivity contribution < 1.29 is 28.9 Å². The molecule has 0 bridgehead atoms. The smallest absolute Gasteiger partial charge is 0.320 e. The van der Waals surface area contributed by atoms with Crippen LogP contribution in [0.2, 0.25) is 0 Å². The van der Waals surface area contributed by atoms with Crippen LogP contribution in [0.4, 0.5) is 0 Å². The van der Waals surface area contributed by atoms with Crippen molar-refractivity contribution in [2.45, 2.75) is 26.2 Å². The minimum atomic E-state index is -1.23. The maximum absolute atomic E-state index is 11.9. The molecule has 0 amide bonds. The van der Waals surface area contributed by atoms with E-state index in [0.29, 0.717) is 23.5 Å². The fourth-order valence-electron chi connectivity index (χ4n) is 1.93. The average molecular weight is 310 g/mol. The van der Waals surface area contributed by atoms with E-state index in [1.54, 1.807) is 18.2 Å². The van der Waals surface area contributed by atoms with Crippen LogP contribution in [-0.2, 0) is 20.7 Å². The van der Waals surface area contributed by atoms with Crippen molar-refractivity contribution in [1.29, 1.82) is 0 Å². The molecule has 0 aromatic heterocycles. The molecule has 1 rings (SSSR count). The number of esters is 1. The van der Waals surface area contributed by atoms with Gasteiger partial charge in [0.15, 0.2) is 17.4 Å². The number of ether oxygens (including phenoxy) is 3. The monoisotopic (exact) mass is 310 g/mol. The van der Waals surface area contributed by atoms with E-state index in [0.717, 1.165) is 6.42 Å². The molecule has 0 fully saturated rings. The summed E-state index contributed by atoms with van der Waals surface area (Å²) in [6, 6.07) is 5.04. The quantitative estimate of drug-likeness (QED) is 0.428. The maximum Gasteiger partial charge on any atom is 0.320 e.